The third-order valence-corrected chi connectivity index (χ3v) is 2.10. The lowest BCUT2D eigenvalue weighted by Crippen LogP contribution is -2.07. The first-order valence-electron chi connectivity index (χ1n) is 4.85. The number of ether oxygens (including phenoxy) is 1. The van der Waals surface area contributed by atoms with Gasteiger partial charge in [0.2, 0.25) is 0 Å². The van der Waals surface area contributed by atoms with Gasteiger partial charge in [0, 0.05) is 12.0 Å². The van der Waals surface area contributed by atoms with Crippen molar-refractivity contribution in [2.75, 3.05) is 6.61 Å². The van der Waals surface area contributed by atoms with Crippen molar-refractivity contribution in [1.82, 2.24) is 0 Å². The van der Waals surface area contributed by atoms with Crippen LogP contribution < -0.4 is 0 Å². The lowest BCUT2D eigenvalue weighted by Gasteiger charge is -2.06. The molecule has 0 heterocycles. The largest absolute Gasteiger partial charge is 0.481 e. The summed E-state index contributed by atoms with van der Waals surface area (Å²) in [5, 5.41) is 17.9. The molecule has 16 heavy (non-hydrogen) atoms. The zero-order chi connectivity index (χ0) is 12.1. The lowest BCUT2D eigenvalue weighted by molar-refractivity contribution is -0.138. The van der Waals surface area contributed by atoms with Gasteiger partial charge < -0.3 is 14.9 Å². The van der Waals surface area contributed by atoms with Gasteiger partial charge in [-0.2, -0.15) is 0 Å². The zero-order valence-corrected chi connectivity index (χ0v) is 9.06. The summed E-state index contributed by atoms with van der Waals surface area (Å²) in [5.41, 5.74) is 1.44. The number of rotatable bonds is 4. The van der Waals surface area contributed by atoms with Crippen molar-refractivity contribution in [2.45, 2.75) is 13.3 Å². The number of aliphatic hydroxyl groups excluding tert-OH is 1. The molecule has 0 aromatic rings. The molecule has 0 fully saturated rings. The van der Waals surface area contributed by atoms with Crippen LogP contribution in [0.25, 0.3) is 0 Å². The summed E-state index contributed by atoms with van der Waals surface area (Å²) in [7, 11) is 0. The molecule has 0 spiro atoms. The second kappa shape index (κ2) is 5.21. The Labute approximate surface area is 93.9 Å². The smallest absolute Gasteiger partial charge is 0.333 e. The number of hydrogen-bond acceptors (Lipinski definition) is 4. The third kappa shape index (κ3) is 3.02. The van der Waals surface area contributed by atoms with E-state index in [0.717, 1.165) is 5.57 Å². The molecule has 86 valence electrons. The molecule has 0 bridgehead atoms. The molecule has 4 nitrogen and oxygen atoms in total. The minimum Gasteiger partial charge on any atom is -0.481 e. The standard InChI is InChI=1S/C12H14O4/c1-8(2)12(15)16-7-6-9-4-3-5-10(9)11(13)14/h3-5,13-14H,1,6-7H2,2H3. The molecule has 0 atom stereocenters. The summed E-state index contributed by atoms with van der Waals surface area (Å²) >= 11 is 0. The quantitative estimate of drug-likeness (QED) is 0.435. The summed E-state index contributed by atoms with van der Waals surface area (Å²) in [6, 6.07) is 0. The fourth-order valence-electron chi connectivity index (χ4n) is 1.27. The Kier molecular flexibility index (Phi) is 3.94. The molecule has 0 unspecified atom stereocenters. The van der Waals surface area contributed by atoms with Crippen LogP contribution in [0.4, 0.5) is 0 Å². The van der Waals surface area contributed by atoms with Crippen LogP contribution >= 0.6 is 0 Å². The van der Waals surface area contributed by atoms with E-state index in [-0.39, 0.29) is 6.61 Å². The Morgan fingerprint density at radius 3 is 2.75 bits per heavy atom. The van der Waals surface area contributed by atoms with E-state index in [1.165, 1.54) is 0 Å². The van der Waals surface area contributed by atoms with Gasteiger partial charge in [0.25, 0.3) is 5.95 Å². The Balaban J connectivity index is 2.44. The Bertz CT molecular complexity index is 395. The SMILES string of the molecule is C=C(C)C(=O)OCCC1=CC=CC1=C(O)O. The zero-order valence-electron chi connectivity index (χ0n) is 9.06. The number of allylic oxidation sites excluding steroid dienone is 4. The molecule has 2 N–H and O–H groups in total. The second-order valence-corrected chi connectivity index (χ2v) is 3.45. The maximum absolute atomic E-state index is 11.1. The van der Waals surface area contributed by atoms with Crippen LogP contribution in [-0.2, 0) is 9.53 Å². The van der Waals surface area contributed by atoms with E-state index in [0.29, 0.717) is 17.6 Å². The minimum absolute atomic E-state index is 0.190. The van der Waals surface area contributed by atoms with E-state index in [9.17, 15) is 4.79 Å². The summed E-state index contributed by atoms with van der Waals surface area (Å²) < 4.78 is 4.90. The summed E-state index contributed by atoms with van der Waals surface area (Å²) in [5.74, 6) is -1.16. The minimum atomic E-state index is -0.716. The topological polar surface area (TPSA) is 66.8 Å². The van der Waals surface area contributed by atoms with Crippen molar-refractivity contribution in [1.29, 1.82) is 0 Å². The monoisotopic (exact) mass is 222 g/mol. The van der Waals surface area contributed by atoms with Crippen molar-refractivity contribution < 1.29 is 19.7 Å². The molecule has 0 aromatic carbocycles. The highest BCUT2D eigenvalue weighted by Gasteiger charge is 2.12. The summed E-state index contributed by atoms with van der Waals surface area (Å²) in [6.45, 7) is 5.22. The van der Waals surface area contributed by atoms with E-state index in [1.54, 1.807) is 25.2 Å². The van der Waals surface area contributed by atoms with Gasteiger partial charge in [0.1, 0.15) is 0 Å². The van der Waals surface area contributed by atoms with Gasteiger partial charge in [-0.1, -0.05) is 18.7 Å². The van der Waals surface area contributed by atoms with Crippen LogP contribution in [0.15, 0.2) is 47.5 Å². The van der Waals surface area contributed by atoms with E-state index in [4.69, 9.17) is 14.9 Å². The highest BCUT2D eigenvalue weighted by Crippen LogP contribution is 2.23. The molecule has 1 aliphatic carbocycles. The van der Waals surface area contributed by atoms with Crippen molar-refractivity contribution in [3.8, 4) is 0 Å². The Morgan fingerprint density at radius 2 is 2.19 bits per heavy atom. The van der Waals surface area contributed by atoms with Crippen LogP contribution in [0, 0.1) is 0 Å². The van der Waals surface area contributed by atoms with Gasteiger partial charge in [-0.25, -0.2) is 4.79 Å². The van der Waals surface area contributed by atoms with Crippen LogP contribution in [0.5, 0.6) is 0 Å². The number of esters is 1. The second-order valence-electron chi connectivity index (χ2n) is 3.45. The molecular weight excluding hydrogens is 208 g/mol. The predicted octanol–water partition coefficient (Wildman–Crippen LogP) is 2.32. The third-order valence-electron chi connectivity index (χ3n) is 2.10. The molecule has 1 aliphatic rings. The number of aliphatic hydroxyl groups is 2. The molecule has 0 radical (unpaired) electrons. The van der Waals surface area contributed by atoms with Crippen molar-refractivity contribution in [2.24, 2.45) is 0 Å². The molecule has 0 saturated carbocycles. The molecular formula is C12H14O4. The van der Waals surface area contributed by atoms with Gasteiger partial charge in [-0.3, -0.25) is 0 Å². The first kappa shape index (κ1) is 12.1. The average molecular weight is 222 g/mol. The molecule has 1 rings (SSSR count). The lowest BCUT2D eigenvalue weighted by atomic mass is 10.1. The normalized spacial score (nSPS) is 13.6. The number of carbonyl (C=O) groups excluding carboxylic acids is 1. The fourth-order valence-corrected chi connectivity index (χ4v) is 1.27. The van der Waals surface area contributed by atoms with Crippen LogP contribution in [0.3, 0.4) is 0 Å². The van der Waals surface area contributed by atoms with Crippen molar-refractivity contribution >= 4 is 5.97 Å². The Morgan fingerprint density at radius 1 is 1.50 bits per heavy atom. The van der Waals surface area contributed by atoms with Crippen LogP contribution in [0.2, 0.25) is 0 Å². The Hall–Kier alpha value is -1.97. The van der Waals surface area contributed by atoms with Gasteiger partial charge in [-0.05, 0) is 18.6 Å². The highest BCUT2D eigenvalue weighted by molar-refractivity contribution is 5.86. The first-order valence-corrected chi connectivity index (χ1v) is 4.85. The molecule has 0 aliphatic heterocycles. The van der Waals surface area contributed by atoms with Gasteiger partial charge in [-0.15, -0.1) is 0 Å². The van der Waals surface area contributed by atoms with Crippen molar-refractivity contribution in [3.05, 3.63) is 47.5 Å². The van der Waals surface area contributed by atoms with Gasteiger partial charge in [0.05, 0.1) is 12.2 Å². The van der Waals surface area contributed by atoms with E-state index >= 15 is 0 Å². The summed E-state index contributed by atoms with van der Waals surface area (Å²) in [4.78, 5) is 11.1. The van der Waals surface area contributed by atoms with Gasteiger partial charge in [0.15, 0.2) is 0 Å². The maximum Gasteiger partial charge on any atom is 0.333 e. The van der Waals surface area contributed by atoms with E-state index in [1.807, 2.05) is 0 Å². The van der Waals surface area contributed by atoms with Crippen LogP contribution in [-0.4, -0.2) is 22.8 Å². The summed E-state index contributed by atoms with van der Waals surface area (Å²) in [6.07, 6.45) is 5.48. The predicted molar refractivity (Wildman–Crippen MR) is 59.9 cm³/mol. The van der Waals surface area contributed by atoms with Crippen LogP contribution in [0.1, 0.15) is 13.3 Å². The molecule has 0 saturated heterocycles. The maximum atomic E-state index is 11.1. The number of hydrogen-bond donors (Lipinski definition) is 2. The molecule has 0 amide bonds. The average Bonchev–Trinajstić information content (AvgIpc) is 2.65. The fraction of sp³-hybridized carbons (Fsp3) is 0.250. The van der Waals surface area contributed by atoms with Gasteiger partial charge >= 0.3 is 5.97 Å². The number of carbonyl (C=O) groups is 1. The molecule has 0 aromatic heterocycles. The first-order chi connectivity index (χ1) is 7.52. The molecule has 4 heteroatoms. The van der Waals surface area contributed by atoms with E-state index in [2.05, 4.69) is 6.58 Å². The highest BCUT2D eigenvalue weighted by atomic mass is 16.5. The van der Waals surface area contributed by atoms with E-state index < -0.39 is 11.9 Å². The van der Waals surface area contributed by atoms with Crippen molar-refractivity contribution in [3.63, 3.8) is 0 Å².